The van der Waals surface area contributed by atoms with Crippen LogP contribution in [0.15, 0.2) is 60.7 Å². The highest BCUT2D eigenvalue weighted by molar-refractivity contribution is 5.21. The predicted octanol–water partition coefficient (Wildman–Crippen LogP) is 3.86. The van der Waals surface area contributed by atoms with Crippen molar-refractivity contribution in [3.8, 4) is 0 Å². The molecule has 2 aromatic carbocycles. The summed E-state index contributed by atoms with van der Waals surface area (Å²) in [4.78, 5) is 2.41. The molecule has 0 bridgehead atoms. The van der Waals surface area contributed by atoms with E-state index in [1.165, 1.54) is 11.1 Å². The van der Waals surface area contributed by atoms with Crippen molar-refractivity contribution in [3.63, 3.8) is 0 Å². The van der Waals surface area contributed by atoms with Crippen LogP contribution in [0, 0.1) is 0 Å². The Hall–Kier alpha value is -1.64. The third-order valence-corrected chi connectivity index (χ3v) is 4.04. The number of hydrogen-bond acceptors (Lipinski definition) is 2. The van der Waals surface area contributed by atoms with E-state index in [1.54, 1.807) is 0 Å². The van der Waals surface area contributed by atoms with E-state index in [1.807, 2.05) is 0 Å². The number of hydrogen-bond donors (Lipinski definition) is 1. The van der Waals surface area contributed by atoms with Gasteiger partial charge < -0.3 is 5.32 Å². The molecule has 0 aromatic heterocycles. The van der Waals surface area contributed by atoms with Crippen LogP contribution >= 0.6 is 0 Å². The Labute approximate surface area is 128 Å². The molecule has 0 saturated heterocycles. The highest BCUT2D eigenvalue weighted by atomic mass is 15.2. The molecule has 0 radical (unpaired) electrons. The van der Waals surface area contributed by atoms with E-state index in [2.05, 4.69) is 91.8 Å². The van der Waals surface area contributed by atoms with Crippen LogP contribution in [0.25, 0.3) is 0 Å². The Bertz CT molecular complexity index is 510. The first-order chi connectivity index (χ1) is 10.2. The van der Waals surface area contributed by atoms with Crippen LogP contribution in [0.5, 0.6) is 0 Å². The quantitative estimate of drug-likeness (QED) is 0.829. The maximum absolute atomic E-state index is 3.62. The fourth-order valence-corrected chi connectivity index (χ4v) is 2.72. The third kappa shape index (κ3) is 4.42. The second-order valence-electron chi connectivity index (χ2n) is 5.59. The minimum Gasteiger partial charge on any atom is -0.309 e. The van der Waals surface area contributed by atoms with Gasteiger partial charge in [0.1, 0.15) is 0 Å². The topological polar surface area (TPSA) is 15.3 Å². The van der Waals surface area contributed by atoms with Gasteiger partial charge in [0.15, 0.2) is 0 Å². The summed E-state index contributed by atoms with van der Waals surface area (Å²) < 4.78 is 0. The van der Waals surface area contributed by atoms with Gasteiger partial charge in [0.25, 0.3) is 0 Å². The van der Waals surface area contributed by atoms with Crippen LogP contribution in [0.3, 0.4) is 0 Å². The molecular formula is C19H26N2. The van der Waals surface area contributed by atoms with E-state index in [4.69, 9.17) is 0 Å². The summed E-state index contributed by atoms with van der Waals surface area (Å²) >= 11 is 0. The minimum atomic E-state index is 0.352. The first-order valence-electron chi connectivity index (χ1n) is 7.75. The molecule has 0 amide bonds. The van der Waals surface area contributed by atoms with Gasteiger partial charge in [-0.3, -0.25) is 4.90 Å². The van der Waals surface area contributed by atoms with Crippen molar-refractivity contribution in [2.24, 2.45) is 0 Å². The zero-order valence-electron chi connectivity index (χ0n) is 13.3. The van der Waals surface area contributed by atoms with Crippen molar-refractivity contribution in [1.29, 1.82) is 0 Å². The van der Waals surface area contributed by atoms with Gasteiger partial charge in [-0.2, -0.15) is 0 Å². The maximum atomic E-state index is 3.62. The summed E-state index contributed by atoms with van der Waals surface area (Å²) in [6, 6.07) is 22.1. The Morgan fingerprint density at radius 2 is 1.52 bits per heavy atom. The first kappa shape index (κ1) is 15.7. The number of nitrogens with zero attached hydrogens (tertiary/aromatic N) is 1. The fraction of sp³-hybridized carbons (Fsp3) is 0.368. The molecule has 2 aromatic rings. The molecule has 2 rings (SSSR count). The van der Waals surface area contributed by atoms with Crippen molar-refractivity contribution in [2.45, 2.75) is 32.5 Å². The largest absolute Gasteiger partial charge is 0.309 e. The molecule has 0 saturated carbocycles. The number of benzene rings is 2. The van der Waals surface area contributed by atoms with Gasteiger partial charge in [-0.1, -0.05) is 67.6 Å². The van der Waals surface area contributed by atoms with Crippen LogP contribution in [0.4, 0.5) is 0 Å². The zero-order valence-corrected chi connectivity index (χ0v) is 13.3. The Morgan fingerprint density at radius 3 is 2.10 bits per heavy atom. The van der Waals surface area contributed by atoms with Crippen LogP contribution in [-0.4, -0.2) is 24.5 Å². The molecular weight excluding hydrogens is 256 g/mol. The molecule has 2 nitrogen and oxygen atoms in total. The Balaban J connectivity index is 2.09. The van der Waals surface area contributed by atoms with Gasteiger partial charge in [0.2, 0.25) is 0 Å². The molecule has 0 spiro atoms. The zero-order chi connectivity index (χ0) is 15.1. The number of likely N-dealkylation sites (N-methyl/N-ethyl adjacent to an activating group) is 2. The summed E-state index contributed by atoms with van der Waals surface area (Å²) in [7, 11) is 2.20. The molecule has 0 aliphatic rings. The lowest BCUT2D eigenvalue weighted by Crippen LogP contribution is -2.40. The predicted molar refractivity (Wildman–Crippen MR) is 90.2 cm³/mol. The van der Waals surface area contributed by atoms with E-state index >= 15 is 0 Å². The van der Waals surface area contributed by atoms with Gasteiger partial charge in [-0.15, -0.1) is 0 Å². The van der Waals surface area contributed by atoms with Crippen molar-refractivity contribution < 1.29 is 0 Å². The lowest BCUT2D eigenvalue weighted by atomic mass is 9.99. The van der Waals surface area contributed by atoms with Gasteiger partial charge in [0, 0.05) is 18.6 Å². The highest BCUT2D eigenvalue weighted by Gasteiger charge is 2.21. The summed E-state index contributed by atoms with van der Waals surface area (Å²) in [6.45, 7) is 6.41. The summed E-state index contributed by atoms with van der Waals surface area (Å²) in [5, 5.41) is 3.62. The third-order valence-electron chi connectivity index (χ3n) is 4.04. The molecule has 112 valence electrons. The van der Waals surface area contributed by atoms with Gasteiger partial charge >= 0.3 is 0 Å². The van der Waals surface area contributed by atoms with Crippen molar-refractivity contribution in [3.05, 3.63) is 71.8 Å². The Kier molecular flexibility index (Phi) is 5.97. The second kappa shape index (κ2) is 7.96. The summed E-state index contributed by atoms with van der Waals surface area (Å²) in [5.74, 6) is 0. The van der Waals surface area contributed by atoms with Crippen LogP contribution in [-0.2, 0) is 6.54 Å². The molecule has 2 heteroatoms. The molecule has 0 aliphatic heterocycles. The van der Waals surface area contributed by atoms with Gasteiger partial charge in [-0.25, -0.2) is 0 Å². The van der Waals surface area contributed by atoms with E-state index in [9.17, 15) is 0 Å². The first-order valence-corrected chi connectivity index (χ1v) is 7.75. The molecule has 1 N–H and O–H groups in total. The lowest BCUT2D eigenvalue weighted by molar-refractivity contribution is 0.200. The molecule has 2 atom stereocenters. The van der Waals surface area contributed by atoms with Crippen LogP contribution < -0.4 is 5.32 Å². The van der Waals surface area contributed by atoms with Gasteiger partial charge in [0.05, 0.1) is 0 Å². The van der Waals surface area contributed by atoms with Crippen LogP contribution in [0.2, 0.25) is 0 Å². The van der Waals surface area contributed by atoms with E-state index in [-0.39, 0.29) is 0 Å². The van der Waals surface area contributed by atoms with E-state index < -0.39 is 0 Å². The summed E-state index contributed by atoms with van der Waals surface area (Å²) in [5.41, 5.74) is 2.71. The minimum absolute atomic E-state index is 0.352. The SMILES string of the molecule is CCNC(c1ccccc1)C(C)N(C)Cc1ccccc1. The molecule has 21 heavy (non-hydrogen) atoms. The number of nitrogens with one attached hydrogen (secondary N) is 1. The van der Waals surface area contributed by atoms with Crippen molar-refractivity contribution in [2.75, 3.05) is 13.6 Å². The smallest absolute Gasteiger partial charge is 0.0475 e. The van der Waals surface area contributed by atoms with Crippen molar-refractivity contribution in [1.82, 2.24) is 10.2 Å². The van der Waals surface area contributed by atoms with E-state index in [0.717, 1.165) is 13.1 Å². The maximum Gasteiger partial charge on any atom is 0.0475 e. The second-order valence-corrected chi connectivity index (χ2v) is 5.59. The fourth-order valence-electron chi connectivity index (χ4n) is 2.72. The normalized spacial score (nSPS) is 14.1. The average molecular weight is 282 g/mol. The standard InChI is InChI=1S/C19H26N2/c1-4-20-19(18-13-9-6-10-14-18)16(2)21(3)15-17-11-7-5-8-12-17/h5-14,16,19-20H,4,15H2,1-3H3. The average Bonchev–Trinajstić information content (AvgIpc) is 2.53. The monoisotopic (exact) mass is 282 g/mol. The molecule has 2 unspecified atom stereocenters. The number of rotatable bonds is 7. The Morgan fingerprint density at radius 1 is 0.952 bits per heavy atom. The van der Waals surface area contributed by atoms with E-state index in [0.29, 0.717) is 12.1 Å². The lowest BCUT2D eigenvalue weighted by Gasteiger charge is -2.33. The molecule has 0 heterocycles. The molecule has 0 aliphatic carbocycles. The van der Waals surface area contributed by atoms with Crippen molar-refractivity contribution >= 4 is 0 Å². The summed E-state index contributed by atoms with van der Waals surface area (Å²) in [6.07, 6.45) is 0. The highest BCUT2D eigenvalue weighted by Crippen LogP contribution is 2.21. The van der Waals surface area contributed by atoms with Crippen LogP contribution in [0.1, 0.15) is 31.0 Å². The molecule has 0 fully saturated rings. The van der Waals surface area contributed by atoms with Gasteiger partial charge in [-0.05, 0) is 31.6 Å².